The quantitative estimate of drug-likeness (QED) is 0.121. The molecule has 2 rings (SSSR count). The molecule has 1 aliphatic heterocycles. The molecule has 0 spiro atoms. The zero-order chi connectivity index (χ0) is 25.8. The number of amides is 3. The van der Waals surface area contributed by atoms with Crippen molar-refractivity contribution in [1.29, 1.82) is 0 Å². The van der Waals surface area contributed by atoms with Gasteiger partial charge >= 0.3 is 7.12 Å². The predicted octanol–water partition coefficient (Wildman–Crippen LogP) is 1.26. The van der Waals surface area contributed by atoms with Crippen LogP contribution >= 0.6 is 31.9 Å². The molecule has 1 heterocycles. The Hall–Kier alpha value is -1.47. The summed E-state index contributed by atoms with van der Waals surface area (Å²) >= 11 is 6.67. The second kappa shape index (κ2) is 15.6. The maximum atomic E-state index is 13.5. The summed E-state index contributed by atoms with van der Waals surface area (Å²) in [6, 6.07) is 7.74. The Labute approximate surface area is 223 Å². The number of halogens is 2. The van der Waals surface area contributed by atoms with E-state index in [1.807, 2.05) is 30.3 Å². The normalized spacial score (nSPS) is 17.2. The largest absolute Gasteiger partial charge is 0.475 e. The van der Waals surface area contributed by atoms with E-state index in [9.17, 15) is 24.4 Å². The second-order valence-electron chi connectivity index (χ2n) is 8.68. The highest BCUT2D eigenvalue weighted by atomic mass is 79.9. The summed E-state index contributed by atoms with van der Waals surface area (Å²) in [6.07, 6.45) is 3.45. The molecule has 5 N–H and O–H groups in total. The fraction of sp³-hybridized carbons (Fsp3) is 0.609. The van der Waals surface area contributed by atoms with Crippen LogP contribution in [0.4, 0.5) is 0 Å². The summed E-state index contributed by atoms with van der Waals surface area (Å²) < 4.78 is -0.0301. The molecule has 0 bridgehead atoms. The van der Waals surface area contributed by atoms with Gasteiger partial charge in [-0.25, -0.2) is 0 Å². The van der Waals surface area contributed by atoms with Gasteiger partial charge in [0.15, 0.2) is 0 Å². The highest BCUT2D eigenvalue weighted by molar-refractivity contribution is 9.24. The molecule has 3 unspecified atom stereocenters. The first-order valence-electron chi connectivity index (χ1n) is 11.9. The van der Waals surface area contributed by atoms with Gasteiger partial charge in [-0.2, -0.15) is 0 Å². The average Bonchev–Trinajstić information content (AvgIpc) is 3.31. The first-order chi connectivity index (χ1) is 16.7. The Bertz CT molecular complexity index is 818. The van der Waals surface area contributed by atoms with Crippen LogP contribution < -0.4 is 10.6 Å². The zero-order valence-electron chi connectivity index (χ0n) is 19.6. The van der Waals surface area contributed by atoms with Gasteiger partial charge in [-0.3, -0.25) is 14.4 Å². The minimum atomic E-state index is -1.73. The van der Waals surface area contributed by atoms with Crippen LogP contribution in [0.3, 0.4) is 0 Å². The first kappa shape index (κ1) is 29.8. The van der Waals surface area contributed by atoms with Crippen molar-refractivity contribution in [3.63, 3.8) is 0 Å². The molecule has 1 saturated heterocycles. The monoisotopic (exact) mass is 617 g/mol. The lowest BCUT2D eigenvalue weighted by Gasteiger charge is -2.30. The van der Waals surface area contributed by atoms with Crippen molar-refractivity contribution in [2.24, 2.45) is 0 Å². The van der Waals surface area contributed by atoms with Gasteiger partial charge in [0.05, 0.1) is 9.68 Å². The van der Waals surface area contributed by atoms with Crippen molar-refractivity contribution in [3.05, 3.63) is 35.9 Å². The fourth-order valence-corrected chi connectivity index (χ4v) is 4.63. The van der Waals surface area contributed by atoms with Crippen LogP contribution in [0.5, 0.6) is 0 Å². The second-order valence-corrected chi connectivity index (χ2v) is 12.1. The Morgan fingerprint density at radius 1 is 1.09 bits per heavy atom. The third kappa shape index (κ3) is 10.2. The molecular formula is C23H34BBr2N3O6. The van der Waals surface area contributed by atoms with E-state index in [1.54, 1.807) is 0 Å². The van der Waals surface area contributed by atoms with Gasteiger partial charge in [0.1, 0.15) is 12.1 Å². The zero-order valence-corrected chi connectivity index (χ0v) is 22.8. The number of nitrogens with one attached hydrogen (secondary N) is 2. The molecule has 0 aliphatic carbocycles. The molecule has 1 aromatic carbocycles. The van der Waals surface area contributed by atoms with Gasteiger partial charge in [-0.05, 0) is 44.1 Å². The van der Waals surface area contributed by atoms with Crippen LogP contribution in [-0.2, 0) is 20.8 Å². The summed E-state index contributed by atoms with van der Waals surface area (Å²) in [7, 11) is -1.73. The van der Waals surface area contributed by atoms with E-state index in [0.717, 1.165) is 5.56 Å². The van der Waals surface area contributed by atoms with Crippen LogP contribution in [0.25, 0.3) is 0 Å². The average molecular weight is 619 g/mol. The number of unbranched alkanes of at least 4 members (excludes halogenated alkanes) is 1. The number of hydrogen-bond acceptors (Lipinski definition) is 6. The van der Waals surface area contributed by atoms with Crippen LogP contribution in [0, 0.1) is 0 Å². The molecule has 9 nitrogen and oxygen atoms in total. The van der Waals surface area contributed by atoms with Crippen molar-refractivity contribution >= 4 is 56.7 Å². The number of alkyl halides is 2. The van der Waals surface area contributed by atoms with Gasteiger partial charge in [-0.1, -0.05) is 62.2 Å². The highest BCUT2D eigenvalue weighted by Crippen LogP contribution is 2.21. The van der Waals surface area contributed by atoms with E-state index >= 15 is 0 Å². The van der Waals surface area contributed by atoms with Crippen LogP contribution in [-0.4, -0.2) is 79.8 Å². The predicted molar refractivity (Wildman–Crippen MR) is 141 cm³/mol. The molecular weight excluding hydrogens is 585 g/mol. The number of benzene rings is 1. The van der Waals surface area contributed by atoms with E-state index < -0.39 is 31.1 Å². The summed E-state index contributed by atoms with van der Waals surface area (Å²) in [5.74, 6) is -1.94. The molecule has 1 aliphatic rings. The van der Waals surface area contributed by atoms with E-state index in [2.05, 4.69) is 42.5 Å². The Morgan fingerprint density at radius 3 is 2.43 bits per heavy atom. The minimum absolute atomic E-state index is 0.000306. The van der Waals surface area contributed by atoms with Crippen LogP contribution in [0.1, 0.15) is 50.5 Å². The lowest BCUT2D eigenvalue weighted by molar-refractivity contribution is -0.141. The number of likely N-dealkylation sites (tertiary alicyclic amines) is 1. The summed E-state index contributed by atoms with van der Waals surface area (Å²) in [6.45, 7) is 0.375. The fourth-order valence-electron chi connectivity index (χ4n) is 4.10. The number of hydrogen-bond donors (Lipinski definition) is 5. The summed E-state index contributed by atoms with van der Waals surface area (Å²) in [5.41, 5.74) is 0.879. The van der Waals surface area contributed by atoms with Crippen molar-refractivity contribution in [2.45, 2.75) is 73.1 Å². The molecule has 35 heavy (non-hydrogen) atoms. The van der Waals surface area contributed by atoms with E-state index in [-0.39, 0.29) is 35.0 Å². The van der Waals surface area contributed by atoms with E-state index in [1.165, 1.54) is 4.90 Å². The minimum Gasteiger partial charge on any atom is -0.426 e. The third-order valence-electron chi connectivity index (χ3n) is 5.95. The molecule has 3 atom stereocenters. The van der Waals surface area contributed by atoms with E-state index in [0.29, 0.717) is 45.1 Å². The van der Waals surface area contributed by atoms with Gasteiger partial charge in [0, 0.05) is 26.0 Å². The van der Waals surface area contributed by atoms with Crippen LogP contribution in [0.15, 0.2) is 30.3 Å². The molecule has 1 fully saturated rings. The molecule has 1 aromatic rings. The lowest BCUT2D eigenvalue weighted by Crippen LogP contribution is -2.56. The molecule has 0 radical (unpaired) electrons. The highest BCUT2D eigenvalue weighted by Gasteiger charge is 2.39. The molecule has 12 heteroatoms. The molecule has 0 saturated carbocycles. The lowest BCUT2D eigenvalue weighted by atomic mass is 9.76. The number of nitrogens with zero attached hydrogens (tertiary/aromatic N) is 1. The van der Waals surface area contributed by atoms with Gasteiger partial charge in [-0.15, -0.1) is 0 Å². The van der Waals surface area contributed by atoms with Crippen molar-refractivity contribution in [1.82, 2.24) is 15.5 Å². The van der Waals surface area contributed by atoms with Crippen molar-refractivity contribution < 1.29 is 29.5 Å². The van der Waals surface area contributed by atoms with E-state index in [4.69, 9.17) is 5.11 Å². The number of aliphatic hydroxyl groups excluding tert-OH is 1. The number of aliphatic hydroxyl groups is 1. The Morgan fingerprint density at radius 2 is 1.80 bits per heavy atom. The standard InChI is InChI=1S/C23H34BBr2N3O6/c25-20(26)12-11-19(24(34)35)28-22(32)18-9-6-13-29(18)23(33)17(15-16-7-2-1-3-8-16)27-21(31)10-4-5-14-30/h1-3,7-8,17-20,30,34-35H,4-6,9-15H2,(H,27,31)(H,28,32). The SMILES string of the molecule is O=C(CCCCO)NC(Cc1ccccc1)C(=O)N1CCCC1C(=O)NC(CCC(Br)Br)B(O)O. The Balaban J connectivity index is 2.12. The first-order valence-corrected chi connectivity index (χ1v) is 13.7. The van der Waals surface area contributed by atoms with Gasteiger partial charge < -0.3 is 30.7 Å². The van der Waals surface area contributed by atoms with Gasteiger partial charge in [0.25, 0.3) is 0 Å². The summed E-state index contributed by atoms with van der Waals surface area (Å²) in [4.78, 5) is 40.6. The number of carbonyl (C=O) groups is 3. The Kier molecular flexibility index (Phi) is 13.3. The van der Waals surface area contributed by atoms with Crippen LogP contribution in [0.2, 0.25) is 0 Å². The molecule has 0 aromatic heterocycles. The maximum absolute atomic E-state index is 13.5. The number of rotatable bonds is 14. The topological polar surface area (TPSA) is 139 Å². The van der Waals surface area contributed by atoms with Gasteiger partial charge in [0.2, 0.25) is 17.7 Å². The smallest absolute Gasteiger partial charge is 0.426 e. The molecule has 194 valence electrons. The van der Waals surface area contributed by atoms with Crippen molar-refractivity contribution in [2.75, 3.05) is 13.2 Å². The summed E-state index contributed by atoms with van der Waals surface area (Å²) in [5, 5.41) is 33.9. The number of carbonyl (C=O) groups excluding carboxylic acids is 3. The maximum Gasteiger partial charge on any atom is 0.475 e. The van der Waals surface area contributed by atoms with Crippen molar-refractivity contribution in [3.8, 4) is 0 Å². The molecule has 3 amide bonds. The third-order valence-corrected chi connectivity index (χ3v) is 6.87.